The molecule has 5 aromatic rings. The number of hydrogen-bond acceptors (Lipinski definition) is 16. The van der Waals surface area contributed by atoms with Crippen molar-refractivity contribution in [3.8, 4) is 22.5 Å². The lowest BCUT2D eigenvalue weighted by atomic mass is 9.84. The van der Waals surface area contributed by atoms with Gasteiger partial charge in [-0.1, -0.05) is 26.8 Å². The Balaban J connectivity index is 0.988. The Morgan fingerprint density at radius 3 is 2.48 bits per heavy atom. The van der Waals surface area contributed by atoms with Gasteiger partial charge in [-0.3, -0.25) is 39.2 Å². The summed E-state index contributed by atoms with van der Waals surface area (Å²) in [4.78, 5) is 66.9. The number of halogens is 1. The minimum Gasteiger partial charge on any atom is -0.464 e. The highest BCUT2D eigenvalue weighted by molar-refractivity contribution is 7.10. The van der Waals surface area contributed by atoms with E-state index in [9.17, 15) is 14.0 Å². The second-order valence-corrected chi connectivity index (χ2v) is 24.8. The Morgan fingerprint density at radius 1 is 0.938 bits per heavy atom. The number of ether oxygens (including phenoxy) is 5. The van der Waals surface area contributed by atoms with E-state index in [0.29, 0.717) is 95.2 Å². The molecular weight excluding hydrogens is 1040 g/mol. The largest absolute Gasteiger partial charge is 0.464 e. The first-order valence-corrected chi connectivity index (χ1v) is 30.0. The Labute approximate surface area is 472 Å². The summed E-state index contributed by atoms with van der Waals surface area (Å²) in [7, 11) is 1.73. The Morgan fingerprint density at radius 2 is 1.73 bits per heavy atom. The van der Waals surface area contributed by atoms with E-state index in [-0.39, 0.29) is 42.5 Å². The van der Waals surface area contributed by atoms with Gasteiger partial charge in [0.1, 0.15) is 22.9 Å². The standard InChI is InChI=1S/C60H77FN10O8S/c1-36-50(46-12-9-39(61)32-62-46)51(36)56(72)65-53-55(69-21-26-77-27-22-69)57-64-48(34-80-57)38-8-13-49-43(29-38)45(31-60(3,4)35-79-59(74)47-7-6-16-71(66-47)58(53)73)54(70(49)23-28-78-42-14-24-76-25-15-42)44-30-41(33-63-52(44)37(2)75-5)68-19-17-67(18-20-68)40-10-11-40/h8-9,12-13,29-30,32-34,36-37,40,42,47,50-51,53,55,66H,6-7,10-11,14-28,31,35H2,1-5H3,(H,65,72)/t36-,37-,47-,50-,51-,53-,55-/m0/s1. The quantitative estimate of drug-likeness (QED) is 0.114. The van der Waals surface area contributed by atoms with Crippen molar-refractivity contribution in [1.82, 2.24) is 45.1 Å². The molecule has 428 valence electrons. The van der Waals surface area contributed by atoms with E-state index in [1.54, 1.807) is 13.2 Å². The molecule has 5 aliphatic heterocycles. The van der Waals surface area contributed by atoms with Crippen molar-refractivity contribution in [1.29, 1.82) is 0 Å². The van der Waals surface area contributed by atoms with Gasteiger partial charge in [0.15, 0.2) is 0 Å². The van der Waals surface area contributed by atoms with Crippen LogP contribution in [0.2, 0.25) is 0 Å². The number of cyclic esters (lactones) is 1. The number of nitrogens with one attached hydrogen (secondary N) is 2. The predicted octanol–water partition coefficient (Wildman–Crippen LogP) is 7.08. The topological polar surface area (TPSA) is 178 Å². The van der Waals surface area contributed by atoms with Crippen LogP contribution < -0.4 is 15.6 Å². The van der Waals surface area contributed by atoms with Crippen LogP contribution in [0, 0.1) is 23.1 Å². The molecule has 0 radical (unpaired) electrons. The average molecular weight is 1120 g/mol. The zero-order valence-corrected chi connectivity index (χ0v) is 47.7. The molecule has 2 saturated carbocycles. The summed E-state index contributed by atoms with van der Waals surface area (Å²) in [5, 5.41) is 8.51. The first-order chi connectivity index (χ1) is 38.8. The van der Waals surface area contributed by atoms with Gasteiger partial charge in [-0.25, -0.2) is 14.8 Å². The molecule has 6 fully saturated rings. The highest BCUT2D eigenvalue weighted by atomic mass is 32.1. The summed E-state index contributed by atoms with van der Waals surface area (Å²) in [5.41, 5.74) is 11.0. The van der Waals surface area contributed by atoms with E-state index < -0.39 is 41.2 Å². The summed E-state index contributed by atoms with van der Waals surface area (Å²) in [5.74, 6) is -2.40. The number of anilines is 1. The van der Waals surface area contributed by atoms with E-state index in [0.717, 1.165) is 89.4 Å². The normalized spacial score (nSPS) is 26.7. The molecule has 1 aromatic carbocycles. The van der Waals surface area contributed by atoms with Crippen LogP contribution in [0.25, 0.3) is 33.4 Å². The number of hydrazine groups is 1. The molecular formula is C60H77FN10O8S. The van der Waals surface area contributed by atoms with Crippen molar-refractivity contribution in [3.63, 3.8) is 0 Å². The maximum absolute atomic E-state index is 15.4. The van der Waals surface area contributed by atoms with Crippen LogP contribution in [0.15, 0.2) is 54.2 Å². The number of rotatable bonds is 13. The van der Waals surface area contributed by atoms with Gasteiger partial charge in [-0.05, 0) is 93.7 Å². The number of thiazole rings is 1. The lowest BCUT2D eigenvalue weighted by Gasteiger charge is -2.41. The number of methoxy groups -OCH3 is 1. The van der Waals surface area contributed by atoms with Gasteiger partial charge >= 0.3 is 5.97 Å². The number of carbonyl (C=O) groups is 3. The molecule has 12 rings (SSSR count). The number of benzene rings is 1. The van der Waals surface area contributed by atoms with Crippen LogP contribution in [0.1, 0.15) is 106 Å². The van der Waals surface area contributed by atoms with Crippen LogP contribution in [-0.2, 0) is 51.0 Å². The summed E-state index contributed by atoms with van der Waals surface area (Å²) in [6.07, 6.45) is 8.78. The summed E-state index contributed by atoms with van der Waals surface area (Å²) in [6, 6.07) is 9.98. The second-order valence-electron chi connectivity index (χ2n) is 23.9. The van der Waals surface area contributed by atoms with Gasteiger partial charge in [0, 0.05) is 129 Å². The molecule has 18 nitrogen and oxygen atoms in total. The number of hydrogen-bond donors (Lipinski definition) is 2. The number of nitrogens with zero attached hydrogens (tertiary/aromatic N) is 8. The number of esters is 1. The van der Waals surface area contributed by atoms with E-state index in [4.69, 9.17) is 33.7 Å². The lowest BCUT2D eigenvalue weighted by molar-refractivity contribution is -0.156. The van der Waals surface area contributed by atoms with E-state index >= 15 is 4.79 Å². The van der Waals surface area contributed by atoms with Crippen molar-refractivity contribution in [2.24, 2.45) is 17.3 Å². The number of morpholine rings is 1. The SMILES string of the molecule is CO[C@@H](C)c1ncc(N2CCN(C3CC3)CC2)cc1-c1c2c3cc(ccc3n1CCOC1CCOCC1)-c1csc(n1)[C@@H](N1CCOCC1)[C@H](NC(=O)[C@H]1[C@@H](C)[C@H]1c1ccc(F)cn1)C(=O)N1CCC[C@H](N1)C(=O)OCC(C)(C)C2. The Kier molecular flexibility index (Phi) is 16.1. The highest BCUT2D eigenvalue weighted by Crippen LogP contribution is 2.53. The predicted molar refractivity (Wildman–Crippen MR) is 301 cm³/mol. The molecule has 2 N–H and O–H groups in total. The monoisotopic (exact) mass is 1120 g/mol. The maximum Gasteiger partial charge on any atom is 0.324 e. The van der Waals surface area contributed by atoms with Gasteiger partial charge in [0.25, 0.3) is 5.91 Å². The van der Waals surface area contributed by atoms with Gasteiger partial charge < -0.3 is 38.5 Å². The smallest absolute Gasteiger partial charge is 0.324 e. The molecule has 2 aliphatic carbocycles. The first-order valence-electron chi connectivity index (χ1n) is 29.1. The van der Waals surface area contributed by atoms with Gasteiger partial charge in [0.05, 0.1) is 79.8 Å². The minimum absolute atomic E-state index is 0.0928. The first kappa shape index (κ1) is 55.1. The molecule has 2 amide bonds. The van der Waals surface area contributed by atoms with E-state index in [2.05, 4.69) is 85.4 Å². The molecule has 9 heterocycles. The molecule has 0 unspecified atom stereocenters. The number of carbonyl (C=O) groups excluding carboxylic acids is 3. The van der Waals surface area contributed by atoms with Crippen LogP contribution in [0.3, 0.4) is 0 Å². The van der Waals surface area contributed by atoms with E-state index in [1.165, 1.54) is 41.5 Å². The number of amides is 2. The number of piperazine rings is 1. The molecule has 4 saturated heterocycles. The van der Waals surface area contributed by atoms with Crippen molar-refractivity contribution >= 4 is 45.7 Å². The van der Waals surface area contributed by atoms with Crippen LogP contribution in [0.5, 0.6) is 0 Å². The molecule has 4 aromatic heterocycles. The molecule has 80 heavy (non-hydrogen) atoms. The van der Waals surface area contributed by atoms with Crippen LogP contribution in [-0.4, -0.2) is 169 Å². The van der Waals surface area contributed by atoms with Gasteiger partial charge in [-0.2, -0.15) is 0 Å². The number of aromatic nitrogens is 4. The third-order valence-electron chi connectivity index (χ3n) is 17.8. The van der Waals surface area contributed by atoms with Crippen LogP contribution >= 0.6 is 11.3 Å². The third-order valence-corrected chi connectivity index (χ3v) is 18.7. The average Bonchev–Trinajstić information content (AvgIpc) is 4.39. The lowest BCUT2D eigenvalue weighted by Crippen LogP contribution is -2.63. The highest BCUT2D eigenvalue weighted by Gasteiger charge is 2.55. The molecule has 20 heteroatoms. The summed E-state index contributed by atoms with van der Waals surface area (Å²) >= 11 is 1.47. The Bertz CT molecular complexity index is 3040. The maximum atomic E-state index is 15.4. The summed E-state index contributed by atoms with van der Waals surface area (Å²) < 4.78 is 47.2. The molecule has 7 atom stereocenters. The van der Waals surface area contributed by atoms with Gasteiger partial charge in [-0.15, -0.1) is 11.3 Å². The third kappa shape index (κ3) is 11.5. The molecule has 0 spiro atoms. The van der Waals surface area contributed by atoms with Gasteiger partial charge in [0.2, 0.25) is 5.91 Å². The fourth-order valence-electron chi connectivity index (χ4n) is 13.0. The molecule has 7 aliphatic rings. The zero-order valence-electron chi connectivity index (χ0n) is 46.9. The molecule has 6 bridgehead atoms. The van der Waals surface area contributed by atoms with Crippen LogP contribution in [0.4, 0.5) is 10.1 Å². The fraction of sp³-hybridized carbons (Fsp3) is 0.600. The zero-order chi connectivity index (χ0) is 55.2. The fourth-order valence-corrected chi connectivity index (χ4v) is 14.0. The van der Waals surface area contributed by atoms with Crippen molar-refractivity contribution < 1.29 is 42.5 Å². The Hall–Kier alpha value is -5.45. The van der Waals surface area contributed by atoms with Crippen molar-refractivity contribution in [3.05, 3.63) is 81.9 Å². The number of fused-ring (bicyclic) bond motifs is 6. The summed E-state index contributed by atoms with van der Waals surface area (Å²) in [6.45, 7) is 16.9. The second kappa shape index (κ2) is 23.4. The number of pyridine rings is 2. The minimum atomic E-state index is -1.11. The van der Waals surface area contributed by atoms with Crippen molar-refractivity contribution in [2.45, 2.75) is 121 Å². The van der Waals surface area contributed by atoms with E-state index in [1.807, 2.05) is 13.1 Å². The van der Waals surface area contributed by atoms with Crippen molar-refractivity contribution in [2.75, 3.05) is 97.5 Å².